The third-order valence-corrected chi connectivity index (χ3v) is 3.97. The summed E-state index contributed by atoms with van der Waals surface area (Å²) >= 11 is 0. The molecular weight excluding hydrogens is 327 g/mol. The molecule has 1 fully saturated rings. The first-order valence-corrected chi connectivity index (χ1v) is 7.90. The second-order valence-electron chi connectivity index (χ2n) is 5.74. The largest absolute Gasteiger partial charge is 0.370 e. The van der Waals surface area contributed by atoms with Crippen LogP contribution in [0.5, 0.6) is 0 Å². The van der Waals surface area contributed by atoms with Crippen molar-refractivity contribution in [2.24, 2.45) is 0 Å². The molecular formula is C17H17FN4O3. The summed E-state index contributed by atoms with van der Waals surface area (Å²) in [6.07, 6.45) is 2.00. The smallest absolute Gasteiger partial charge is 0.323 e. The molecule has 2 amide bonds. The first-order valence-electron chi connectivity index (χ1n) is 7.90. The summed E-state index contributed by atoms with van der Waals surface area (Å²) < 4.78 is 13.2. The van der Waals surface area contributed by atoms with Gasteiger partial charge in [-0.25, -0.2) is 9.18 Å². The summed E-state index contributed by atoms with van der Waals surface area (Å²) in [7, 11) is 0. The highest BCUT2D eigenvalue weighted by Gasteiger charge is 2.20. The van der Waals surface area contributed by atoms with Crippen molar-refractivity contribution in [3.05, 3.63) is 58.4 Å². The summed E-state index contributed by atoms with van der Waals surface area (Å²) in [6, 6.07) is 9.32. The molecule has 25 heavy (non-hydrogen) atoms. The number of nitrogens with one attached hydrogen (secondary N) is 2. The van der Waals surface area contributed by atoms with E-state index in [-0.39, 0.29) is 5.69 Å². The van der Waals surface area contributed by atoms with E-state index in [0.717, 1.165) is 25.9 Å². The van der Waals surface area contributed by atoms with Gasteiger partial charge in [0, 0.05) is 30.9 Å². The number of carbonyl (C=O) groups excluding carboxylic acids is 1. The lowest BCUT2D eigenvalue weighted by Gasteiger charge is -2.21. The number of nitro benzene ring substituents is 1. The molecule has 0 unspecified atom stereocenters. The minimum Gasteiger partial charge on any atom is -0.370 e. The number of rotatable bonds is 4. The van der Waals surface area contributed by atoms with Crippen molar-refractivity contribution >= 4 is 28.8 Å². The molecule has 1 aliphatic heterocycles. The van der Waals surface area contributed by atoms with Crippen molar-refractivity contribution < 1.29 is 14.1 Å². The minimum absolute atomic E-state index is 0.0296. The molecule has 1 aliphatic rings. The second-order valence-corrected chi connectivity index (χ2v) is 5.74. The van der Waals surface area contributed by atoms with Crippen LogP contribution in [-0.4, -0.2) is 24.0 Å². The molecule has 0 saturated carbocycles. The van der Waals surface area contributed by atoms with E-state index in [1.807, 2.05) is 4.90 Å². The normalized spacial score (nSPS) is 13.6. The van der Waals surface area contributed by atoms with Gasteiger partial charge in [-0.05, 0) is 37.1 Å². The Morgan fingerprint density at radius 2 is 1.88 bits per heavy atom. The molecule has 2 N–H and O–H groups in total. The number of hydrogen-bond donors (Lipinski definition) is 2. The van der Waals surface area contributed by atoms with Gasteiger partial charge in [-0.15, -0.1) is 0 Å². The van der Waals surface area contributed by atoms with Crippen LogP contribution < -0.4 is 15.5 Å². The van der Waals surface area contributed by atoms with E-state index < -0.39 is 16.8 Å². The summed E-state index contributed by atoms with van der Waals surface area (Å²) in [5, 5.41) is 16.3. The van der Waals surface area contributed by atoms with Crippen LogP contribution in [0.2, 0.25) is 0 Å². The predicted octanol–water partition coefficient (Wildman–Crippen LogP) is 3.98. The van der Waals surface area contributed by atoms with Crippen molar-refractivity contribution in [1.29, 1.82) is 0 Å². The monoisotopic (exact) mass is 344 g/mol. The SMILES string of the molecule is O=C(Nc1cccc(F)c1)Nc1ccc([N+](=O)[O-])cc1N1CCCC1. The lowest BCUT2D eigenvalue weighted by molar-refractivity contribution is -0.384. The van der Waals surface area contributed by atoms with Gasteiger partial charge in [0.2, 0.25) is 0 Å². The van der Waals surface area contributed by atoms with Crippen LogP contribution in [0.25, 0.3) is 0 Å². The van der Waals surface area contributed by atoms with Gasteiger partial charge in [-0.2, -0.15) is 0 Å². The van der Waals surface area contributed by atoms with Crippen LogP contribution in [0.3, 0.4) is 0 Å². The van der Waals surface area contributed by atoms with E-state index in [9.17, 15) is 19.3 Å². The van der Waals surface area contributed by atoms with Crippen molar-refractivity contribution in [3.63, 3.8) is 0 Å². The Labute approximate surface area is 143 Å². The zero-order valence-corrected chi connectivity index (χ0v) is 13.4. The van der Waals surface area contributed by atoms with Gasteiger partial charge in [0.25, 0.3) is 5.69 Å². The topological polar surface area (TPSA) is 87.5 Å². The van der Waals surface area contributed by atoms with E-state index in [1.165, 1.54) is 36.4 Å². The Kier molecular flexibility index (Phi) is 4.78. The number of nitrogens with zero attached hydrogens (tertiary/aromatic N) is 2. The second kappa shape index (κ2) is 7.16. The number of urea groups is 1. The van der Waals surface area contributed by atoms with Gasteiger partial charge in [-0.3, -0.25) is 10.1 Å². The molecule has 2 aromatic rings. The number of non-ortho nitro benzene ring substituents is 1. The average molecular weight is 344 g/mol. The minimum atomic E-state index is -0.542. The Morgan fingerprint density at radius 1 is 1.12 bits per heavy atom. The summed E-state index contributed by atoms with van der Waals surface area (Å²) in [4.78, 5) is 24.8. The van der Waals surface area contributed by atoms with Gasteiger partial charge in [0.1, 0.15) is 5.82 Å². The van der Waals surface area contributed by atoms with E-state index in [2.05, 4.69) is 10.6 Å². The highest BCUT2D eigenvalue weighted by atomic mass is 19.1. The Bertz CT molecular complexity index is 806. The van der Waals surface area contributed by atoms with E-state index >= 15 is 0 Å². The molecule has 0 atom stereocenters. The maximum Gasteiger partial charge on any atom is 0.323 e. The molecule has 8 heteroatoms. The Hall–Kier alpha value is -3.16. The van der Waals surface area contributed by atoms with Gasteiger partial charge >= 0.3 is 6.03 Å². The lowest BCUT2D eigenvalue weighted by atomic mass is 10.2. The van der Waals surface area contributed by atoms with Gasteiger partial charge in [0.15, 0.2) is 0 Å². The number of benzene rings is 2. The zero-order valence-electron chi connectivity index (χ0n) is 13.4. The summed E-state index contributed by atoms with van der Waals surface area (Å²) in [5.74, 6) is -0.453. The quantitative estimate of drug-likeness (QED) is 0.649. The van der Waals surface area contributed by atoms with Crippen molar-refractivity contribution in [3.8, 4) is 0 Å². The van der Waals surface area contributed by atoms with Crippen LogP contribution in [0.15, 0.2) is 42.5 Å². The number of carbonyl (C=O) groups is 1. The molecule has 0 aliphatic carbocycles. The van der Waals surface area contributed by atoms with E-state index in [4.69, 9.17) is 0 Å². The molecule has 0 aromatic heterocycles. The van der Waals surface area contributed by atoms with Gasteiger partial charge < -0.3 is 15.5 Å². The maximum atomic E-state index is 13.2. The average Bonchev–Trinajstić information content (AvgIpc) is 3.09. The molecule has 130 valence electrons. The molecule has 3 rings (SSSR count). The highest BCUT2D eigenvalue weighted by molar-refractivity contribution is 6.02. The fourth-order valence-corrected chi connectivity index (χ4v) is 2.81. The first-order chi connectivity index (χ1) is 12.0. The summed E-state index contributed by atoms with van der Waals surface area (Å²) in [6.45, 7) is 1.56. The van der Waals surface area contributed by atoms with Crippen LogP contribution in [0.4, 0.5) is 31.9 Å². The third kappa shape index (κ3) is 4.03. The van der Waals surface area contributed by atoms with Crippen LogP contribution in [0, 0.1) is 15.9 Å². The standard InChI is InChI=1S/C17H17FN4O3/c18-12-4-3-5-13(10-12)19-17(23)20-15-7-6-14(22(24)25)11-16(15)21-8-1-2-9-21/h3-7,10-11H,1-2,8-9H2,(H2,19,20,23). The number of halogens is 1. The summed E-state index contributed by atoms with van der Waals surface area (Å²) in [5.41, 5.74) is 1.38. The number of hydrogen-bond acceptors (Lipinski definition) is 4. The molecule has 7 nitrogen and oxygen atoms in total. The van der Waals surface area contributed by atoms with Crippen molar-refractivity contribution in [1.82, 2.24) is 0 Å². The fourth-order valence-electron chi connectivity index (χ4n) is 2.81. The third-order valence-electron chi connectivity index (χ3n) is 3.97. The number of anilines is 3. The van der Waals surface area contributed by atoms with Crippen LogP contribution in [0.1, 0.15) is 12.8 Å². The van der Waals surface area contributed by atoms with E-state index in [0.29, 0.717) is 17.1 Å². The molecule has 0 spiro atoms. The van der Waals surface area contributed by atoms with Crippen LogP contribution >= 0.6 is 0 Å². The van der Waals surface area contributed by atoms with Gasteiger partial charge in [-0.1, -0.05) is 6.07 Å². The number of nitro groups is 1. The fraction of sp³-hybridized carbons (Fsp3) is 0.235. The molecule has 0 radical (unpaired) electrons. The maximum absolute atomic E-state index is 13.2. The van der Waals surface area contributed by atoms with Gasteiger partial charge in [0.05, 0.1) is 16.3 Å². The molecule has 1 heterocycles. The highest BCUT2D eigenvalue weighted by Crippen LogP contribution is 2.32. The lowest BCUT2D eigenvalue weighted by Crippen LogP contribution is -2.24. The van der Waals surface area contributed by atoms with Crippen molar-refractivity contribution in [2.75, 3.05) is 28.6 Å². The Balaban J connectivity index is 1.80. The number of amides is 2. The molecule has 0 bridgehead atoms. The first kappa shape index (κ1) is 16.7. The predicted molar refractivity (Wildman–Crippen MR) is 93.6 cm³/mol. The molecule has 2 aromatic carbocycles. The zero-order chi connectivity index (χ0) is 17.8. The van der Waals surface area contributed by atoms with E-state index in [1.54, 1.807) is 6.07 Å². The van der Waals surface area contributed by atoms with Crippen LogP contribution in [-0.2, 0) is 0 Å². The molecule has 1 saturated heterocycles. The Morgan fingerprint density at radius 3 is 2.56 bits per heavy atom. The van der Waals surface area contributed by atoms with Crippen molar-refractivity contribution in [2.45, 2.75) is 12.8 Å².